The van der Waals surface area contributed by atoms with Gasteiger partial charge in [0.15, 0.2) is 5.79 Å². The van der Waals surface area contributed by atoms with Crippen molar-refractivity contribution in [1.29, 1.82) is 0 Å². The van der Waals surface area contributed by atoms with Crippen LogP contribution in [-0.4, -0.2) is 54.5 Å². The van der Waals surface area contributed by atoms with Crippen molar-refractivity contribution in [2.45, 2.75) is 117 Å². The van der Waals surface area contributed by atoms with Crippen molar-refractivity contribution < 1.29 is 23.8 Å². The molecule has 0 bridgehead atoms. The fraction of sp³-hybridized carbons (Fsp3) is 0.793. The van der Waals surface area contributed by atoms with Gasteiger partial charge in [0, 0.05) is 31.1 Å². The van der Waals surface area contributed by atoms with Crippen molar-refractivity contribution >= 4 is 0 Å². The van der Waals surface area contributed by atoms with Crippen LogP contribution in [0.4, 0.5) is 0 Å². The summed E-state index contributed by atoms with van der Waals surface area (Å²) in [6, 6.07) is 8.26. The maximum atomic E-state index is 6.87. The number of piperidine rings is 1. The molecule has 0 aromatic heterocycles. The van der Waals surface area contributed by atoms with Crippen LogP contribution < -0.4 is 4.74 Å². The molecule has 2 heterocycles. The molecule has 5 atom stereocenters. The third kappa shape index (κ3) is 6.22. The molecule has 0 aliphatic carbocycles. The fourth-order valence-electron chi connectivity index (χ4n) is 5.34. The lowest BCUT2D eigenvalue weighted by Crippen LogP contribution is -2.72. The van der Waals surface area contributed by atoms with E-state index in [4.69, 9.17) is 23.8 Å². The van der Waals surface area contributed by atoms with Crippen LogP contribution in [-0.2, 0) is 19.0 Å². The third-order valence-corrected chi connectivity index (χ3v) is 8.20. The highest BCUT2D eigenvalue weighted by molar-refractivity contribution is 5.28. The zero-order valence-electron chi connectivity index (χ0n) is 23.4. The SMILES string of the molecule is CCCOC1(OCCC)CC(C)(CC)N(OC(C)c2ccc(OCC3CO3)cc2)C(C)(CC)C1C. The minimum absolute atomic E-state index is 0.0969. The van der Waals surface area contributed by atoms with E-state index in [0.717, 1.165) is 50.0 Å². The summed E-state index contributed by atoms with van der Waals surface area (Å²) in [5, 5.41) is 2.30. The number of epoxide rings is 1. The standard InChI is InChI=1S/C29H49NO5/c1-9-17-33-29(34-18-10-2)21-27(7,11-3)30(28(8,12-4)23(29)6)35-22(5)24-13-15-25(16-14-24)31-19-26-20-32-26/h13-16,22-23,26H,9-12,17-21H2,1-8H3. The Morgan fingerprint density at radius 3 is 2.09 bits per heavy atom. The van der Waals surface area contributed by atoms with Crippen LogP contribution in [0.25, 0.3) is 0 Å². The first kappa shape index (κ1) is 28.4. The number of benzene rings is 1. The van der Waals surface area contributed by atoms with Gasteiger partial charge in [0.25, 0.3) is 0 Å². The zero-order chi connectivity index (χ0) is 25.7. The highest BCUT2D eigenvalue weighted by atomic mass is 16.7. The first-order chi connectivity index (χ1) is 16.7. The Labute approximate surface area is 213 Å². The van der Waals surface area contributed by atoms with Gasteiger partial charge < -0.3 is 18.9 Å². The first-order valence-corrected chi connectivity index (χ1v) is 13.8. The number of hydroxylamine groups is 2. The van der Waals surface area contributed by atoms with E-state index in [1.54, 1.807) is 0 Å². The van der Waals surface area contributed by atoms with Crippen molar-refractivity contribution in [3.63, 3.8) is 0 Å². The molecule has 6 heteroatoms. The molecule has 0 radical (unpaired) electrons. The Kier molecular flexibility index (Phi) is 9.66. The molecule has 1 aromatic rings. The maximum Gasteiger partial charge on any atom is 0.174 e. The lowest BCUT2D eigenvalue weighted by Gasteiger charge is -2.63. The van der Waals surface area contributed by atoms with Gasteiger partial charge in [0.2, 0.25) is 0 Å². The fourth-order valence-corrected chi connectivity index (χ4v) is 5.34. The van der Waals surface area contributed by atoms with E-state index in [0.29, 0.717) is 19.8 Å². The predicted molar refractivity (Wildman–Crippen MR) is 139 cm³/mol. The lowest BCUT2D eigenvalue weighted by atomic mass is 9.67. The Morgan fingerprint density at radius 2 is 1.60 bits per heavy atom. The van der Waals surface area contributed by atoms with Crippen molar-refractivity contribution in [1.82, 2.24) is 5.06 Å². The van der Waals surface area contributed by atoms with Crippen molar-refractivity contribution in [2.24, 2.45) is 5.92 Å². The average Bonchev–Trinajstić information content (AvgIpc) is 3.71. The van der Waals surface area contributed by atoms with Gasteiger partial charge in [0.05, 0.1) is 12.1 Å². The monoisotopic (exact) mass is 491 g/mol. The molecule has 2 saturated heterocycles. The molecule has 35 heavy (non-hydrogen) atoms. The summed E-state index contributed by atoms with van der Waals surface area (Å²) in [5.74, 6) is 0.380. The summed E-state index contributed by atoms with van der Waals surface area (Å²) < 4.78 is 24.2. The first-order valence-electron chi connectivity index (χ1n) is 13.8. The van der Waals surface area contributed by atoms with Gasteiger partial charge in [0.1, 0.15) is 24.6 Å². The number of nitrogens with zero attached hydrogens (tertiary/aromatic N) is 1. The van der Waals surface area contributed by atoms with E-state index < -0.39 is 5.79 Å². The smallest absolute Gasteiger partial charge is 0.174 e. The van der Waals surface area contributed by atoms with Crippen LogP contribution in [0.15, 0.2) is 24.3 Å². The van der Waals surface area contributed by atoms with E-state index in [1.807, 2.05) is 12.1 Å². The number of hydrogen-bond donors (Lipinski definition) is 0. The quantitative estimate of drug-likeness (QED) is 0.214. The van der Waals surface area contributed by atoms with Crippen LogP contribution in [0, 0.1) is 5.92 Å². The van der Waals surface area contributed by atoms with Crippen LogP contribution in [0.2, 0.25) is 0 Å². The van der Waals surface area contributed by atoms with Gasteiger partial charge in [-0.1, -0.05) is 46.8 Å². The molecule has 1 aromatic carbocycles. The van der Waals surface area contributed by atoms with Gasteiger partial charge >= 0.3 is 0 Å². The summed E-state index contributed by atoms with van der Waals surface area (Å²) in [6.07, 6.45) is 4.74. The second-order valence-electron chi connectivity index (χ2n) is 10.8. The zero-order valence-corrected chi connectivity index (χ0v) is 23.4. The molecule has 2 aliphatic rings. The van der Waals surface area contributed by atoms with Crippen LogP contribution in [0.1, 0.15) is 99.2 Å². The third-order valence-electron chi connectivity index (χ3n) is 8.20. The molecule has 3 rings (SSSR count). The van der Waals surface area contributed by atoms with E-state index in [-0.39, 0.29) is 29.2 Å². The van der Waals surface area contributed by atoms with Gasteiger partial charge in [-0.15, -0.1) is 0 Å². The molecule has 0 saturated carbocycles. The van der Waals surface area contributed by atoms with E-state index >= 15 is 0 Å². The Morgan fingerprint density at radius 1 is 1.00 bits per heavy atom. The lowest BCUT2D eigenvalue weighted by molar-refractivity contribution is -0.396. The molecule has 5 unspecified atom stereocenters. The number of hydrogen-bond acceptors (Lipinski definition) is 6. The highest BCUT2D eigenvalue weighted by Crippen LogP contribution is 2.53. The van der Waals surface area contributed by atoms with Crippen molar-refractivity contribution in [3.05, 3.63) is 29.8 Å². The summed E-state index contributed by atoms with van der Waals surface area (Å²) in [4.78, 5) is 6.87. The molecule has 200 valence electrons. The molecule has 0 N–H and O–H groups in total. The molecule has 2 aliphatic heterocycles. The molecule has 0 spiro atoms. The highest BCUT2D eigenvalue weighted by Gasteiger charge is 2.62. The minimum Gasteiger partial charge on any atom is -0.491 e. The molecular weight excluding hydrogens is 442 g/mol. The Hall–Kier alpha value is -1.18. The number of ether oxygens (including phenoxy) is 4. The van der Waals surface area contributed by atoms with E-state index in [9.17, 15) is 0 Å². The molecular formula is C29H49NO5. The minimum atomic E-state index is -0.616. The van der Waals surface area contributed by atoms with Crippen LogP contribution in [0.3, 0.4) is 0 Å². The molecule has 0 amide bonds. The van der Waals surface area contributed by atoms with Gasteiger partial charge in [-0.05, 0) is 64.2 Å². The topological polar surface area (TPSA) is 52.7 Å². The molecule has 6 nitrogen and oxygen atoms in total. The average molecular weight is 492 g/mol. The maximum absolute atomic E-state index is 6.87. The van der Waals surface area contributed by atoms with Crippen LogP contribution >= 0.6 is 0 Å². The number of rotatable bonds is 14. The largest absolute Gasteiger partial charge is 0.491 e. The summed E-state index contributed by atoms with van der Waals surface area (Å²) in [5.41, 5.74) is 0.637. The van der Waals surface area contributed by atoms with Crippen molar-refractivity contribution in [2.75, 3.05) is 26.4 Å². The summed E-state index contributed by atoms with van der Waals surface area (Å²) in [7, 11) is 0. The predicted octanol–water partition coefficient (Wildman–Crippen LogP) is 6.69. The molecule has 2 fully saturated rings. The van der Waals surface area contributed by atoms with Gasteiger partial charge in [-0.25, -0.2) is 0 Å². The normalized spacial score (nSPS) is 31.3. The second kappa shape index (κ2) is 11.9. The van der Waals surface area contributed by atoms with E-state index in [2.05, 4.69) is 72.6 Å². The summed E-state index contributed by atoms with van der Waals surface area (Å²) in [6.45, 7) is 20.7. The van der Waals surface area contributed by atoms with Crippen LogP contribution in [0.5, 0.6) is 5.75 Å². The summed E-state index contributed by atoms with van der Waals surface area (Å²) >= 11 is 0. The Balaban J connectivity index is 1.84. The van der Waals surface area contributed by atoms with Gasteiger partial charge in [-0.2, -0.15) is 5.06 Å². The van der Waals surface area contributed by atoms with Gasteiger partial charge in [-0.3, -0.25) is 4.84 Å². The van der Waals surface area contributed by atoms with Crippen molar-refractivity contribution in [3.8, 4) is 5.75 Å². The second-order valence-corrected chi connectivity index (χ2v) is 10.8. The Bertz CT molecular complexity index is 774. The van der Waals surface area contributed by atoms with E-state index in [1.165, 1.54) is 0 Å².